The van der Waals surface area contributed by atoms with Crippen LogP contribution >= 0.6 is 0 Å². The third-order valence-corrected chi connectivity index (χ3v) is 3.61. The highest BCUT2D eigenvalue weighted by Gasteiger charge is 2.14. The molecule has 122 valence electrons. The van der Waals surface area contributed by atoms with Crippen LogP contribution in [0.3, 0.4) is 0 Å². The van der Waals surface area contributed by atoms with Gasteiger partial charge in [0.1, 0.15) is 17.3 Å². The fraction of sp³-hybridized carbons (Fsp3) is 0.0526. The number of nitrogens with one attached hydrogen (secondary N) is 1. The first kappa shape index (κ1) is 16.1. The molecule has 0 bridgehead atoms. The Morgan fingerprint density at radius 2 is 1.92 bits per heavy atom. The van der Waals surface area contributed by atoms with Gasteiger partial charge in [-0.25, -0.2) is 4.68 Å². The molecule has 3 aromatic rings. The van der Waals surface area contributed by atoms with Crippen LogP contribution in [0.15, 0.2) is 66.6 Å². The predicted octanol–water partition coefficient (Wildman–Crippen LogP) is 2.59. The number of rotatable bonds is 4. The highest BCUT2D eigenvalue weighted by molar-refractivity contribution is 6.02. The third kappa shape index (κ3) is 3.46. The zero-order valence-corrected chi connectivity index (χ0v) is 13.5. The molecule has 0 saturated heterocycles. The Kier molecular flexibility index (Phi) is 4.67. The van der Waals surface area contributed by atoms with Gasteiger partial charge in [-0.2, -0.15) is 10.4 Å². The van der Waals surface area contributed by atoms with Gasteiger partial charge in [-0.15, -0.1) is 0 Å². The van der Waals surface area contributed by atoms with E-state index < -0.39 is 5.91 Å². The second-order valence-electron chi connectivity index (χ2n) is 5.20. The van der Waals surface area contributed by atoms with Gasteiger partial charge in [0.2, 0.25) is 0 Å². The standard InChI is InChI=1S/C19H15N5O/c1-21-19(25)15(12-20)11-16-13-24(17-5-3-2-4-6-17)23-18(16)14-7-9-22-10-8-14/h2-11,13H,1H3,(H,21,25)/b15-11-. The van der Waals surface area contributed by atoms with Crippen LogP contribution < -0.4 is 5.32 Å². The molecule has 1 amide bonds. The highest BCUT2D eigenvalue weighted by atomic mass is 16.1. The minimum atomic E-state index is -0.435. The van der Waals surface area contributed by atoms with Gasteiger partial charge in [0, 0.05) is 36.8 Å². The number of carbonyl (C=O) groups excluding carboxylic acids is 1. The Morgan fingerprint density at radius 1 is 1.20 bits per heavy atom. The molecule has 6 heteroatoms. The quantitative estimate of drug-likeness (QED) is 0.589. The Morgan fingerprint density at radius 3 is 2.56 bits per heavy atom. The van der Waals surface area contributed by atoms with Crippen LogP contribution in [0.1, 0.15) is 5.56 Å². The van der Waals surface area contributed by atoms with Gasteiger partial charge in [-0.3, -0.25) is 9.78 Å². The number of aromatic nitrogens is 3. The van der Waals surface area contributed by atoms with Crippen molar-refractivity contribution in [3.63, 3.8) is 0 Å². The number of benzene rings is 1. The lowest BCUT2D eigenvalue weighted by atomic mass is 10.1. The number of nitriles is 1. The number of nitrogens with zero attached hydrogens (tertiary/aromatic N) is 4. The number of para-hydroxylation sites is 1. The van der Waals surface area contributed by atoms with Crippen molar-refractivity contribution in [1.29, 1.82) is 5.26 Å². The Bertz CT molecular complexity index is 952. The van der Waals surface area contributed by atoms with Crippen molar-refractivity contribution in [2.24, 2.45) is 0 Å². The molecule has 3 rings (SSSR count). The summed E-state index contributed by atoms with van der Waals surface area (Å²) in [7, 11) is 1.49. The Labute approximate surface area is 145 Å². The predicted molar refractivity (Wildman–Crippen MR) is 94.5 cm³/mol. The van der Waals surface area contributed by atoms with Gasteiger partial charge in [0.15, 0.2) is 0 Å². The molecule has 0 unspecified atom stereocenters. The largest absolute Gasteiger partial charge is 0.354 e. The van der Waals surface area contributed by atoms with Crippen molar-refractivity contribution in [1.82, 2.24) is 20.1 Å². The fourth-order valence-electron chi connectivity index (χ4n) is 2.38. The van der Waals surface area contributed by atoms with Crippen molar-refractivity contribution in [3.05, 3.63) is 72.2 Å². The van der Waals surface area contributed by atoms with Crippen LogP contribution in [-0.2, 0) is 4.79 Å². The molecule has 0 aliphatic rings. The van der Waals surface area contributed by atoms with Crippen molar-refractivity contribution in [2.45, 2.75) is 0 Å². The molecule has 1 N–H and O–H groups in total. The topological polar surface area (TPSA) is 83.6 Å². The van der Waals surface area contributed by atoms with Crippen molar-refractivity contribution >= 4 is 12.0 Å². The minimum Gasteiger partial charge on any atom is -0.354 e. The Hall–Kier alpha value is -3.72. The van der Waals surface area contributed by atoms with Gasteiger partial charge < -0.3 is 5.32 Å². The molecular weight excluding hydrogens is 314 g/mol. The first-order valence-corrected chi connectivity index (χ1v) is 7.62. The number of pyridine rings is 1. The molecule has 25 heavy (non-hydrogen) atoms. The molecule has 2 heterocycles. The number of amides is 1. The first-order valence-electron chi connectivity index (χ1n) is 7.62. The maximum absolute atomic E-state index is 11.8. The second-order valence-corrected chi connectivity index (χ2v) is 5.20. The van der Waals surface area contributed by atoms with Crippen molar-refractivity contribution in [2.75, 3.05) is 7.05 Å². The normalized spacial score (nSPS) is 11.0. The number of hydrogen-bond donors (Lipinski definition) is 1. The van der Waals surface area contributed by atoms with Crippen LogP contribution in [0, 0.1) is 11.3 Å². The van der Waals surface area contributed by atoms with Crippen LogP contribution in [-0.4, -0.2) is 27.7 Å². The van der Waals surface area contributed by atoms with Gasteiger partial charge in [0.05, 0.1) is 5.69 Å². The monoisotopic (exact) mass is 329 g/mol. The maximum Gasteiger partial charge on any atom is 0.261 e. The minimum absolute atomic E-state index is 0.0189. The van der Waals surface area contributed by atoms with E-state index >= 15 is 0 Å². The van der Waals surface area contributed by atoms with E-state index in [9.17, 15) is 10.1 Å². The SMILES string of the molecule is CNC(=O)/C(C#N)=C\c1cn(-c2ccccc2)nc1-c1ccncc1. The molecule has 0 saturated carbocycles. The summed E-state index contributed by atoms with van der Waals surface area (Å²) in [4.78, 5) is 15.9. The van der Waals surface area contributed by atoms with E-state index in [1.165, 1.54) is 7.05 Å². The van der Waals surface area contributed by atoms with Gasteiger partial charge in [-0.1, -0.05) is 18.2 Å². The lowest BCUT2D eigenvalue weighted by Gasteiger charge is -2.00. The molecule has 2 aromatic heterocycles. The van der Waals surface area contributed by atoms with Crippen LogP contribution in [0.5, 0.6) is 0 Å². The number of carbonyl (C=O) groups is 1. The highest BCUT2D eigenvalue weighted by Crippen LogP contribution is 2.25. The number of likely N-dealkylation sites (N-methyl/N-ethyl adjacent to an activating group) is 1. The van der Waals surface area contributed by atoms with Crippen LogP contribution in [0.4, 0.5) is 0 Å². The van der Waals surface area contributed by atoms with Gasteiger partial charge >= 0.3 is 0 Å². The molecule has 0 fully saturated rings. The summed E-state index contributed by atoms with van der Waals surface area (Å²) in [6.07, 6.45) is 6.69. The van der Waals surface area contributed by atoms with Gasteiger partial charge in [0.25, 0.3) is 5.91 Å². The summed E-state index contributed by atoms with van der Waals surface area (Å²) in [5, 5.41) is 16.4. The summed E-state index contributed by atoms with van der Waals surface area (Å²) < 4.78 is 1.72. The molecule has 0 aliphatic carbocycles. The summed E-state index contributed by atoms with van der Waals surface area (Å²) in [5.41, 5.74) is 3.10. The van der Waals surface area contributed by atoms with Crippen LogP contribution in [0.2, 0.25) is 0 Å². The zero-order valence-electron chi connectivity index (χ0n) is 13.5. The molecule has 0 aliphatic heterocycles. The molecule has 1 aromatic carbocycles. The number of hydrogen-bond acceptors (Lipinski definition) is 4. The van der Waals surface area contributed by atoms with E-state index in [4.69, 9.17) is 0 Å². The second kappa shape index (κ2) is 7.23. The molecule has 0 radical (unpaired) electrons. The molecular formula is C19H15N5O. The maximum atomic E-state index is 11.8. The third-order valence-electron chi connectivity index (χ3n) is 3.61. The summed E-state index contributed by atoms with van der Waals surface area (Å²) in [6.45, 7) is 0. The van der Waals surface area contributed by atoms with E-state index in [0.29, 0.717) is 11.3 Å². The van der Waals surface area contributed by atoms with E-state index in [2.05, 4.69) is 15.4 Å². The van der Waals surface area contributed by atoms with Crippen molar-refractivity contribution in [3.8, 4) is 23.0 Å². The smallest absolute Gasteiger partial charge is 0.261 e. The summed E-state index contributed by atoms with van der Waals surface area (Å²) in [5.74, 6) is -0.435. The lowest BCUT2D eigenvalue weighted by Crippen LogP contribution is -2.19. The summed E-state index contributed by atoms with van der Waals surface area (Å²) in [6, 6.07) is 15.2. The average Bonchev–Trinajstić information content (AvgIpc) is 3.11. The Balaban J connectivity index is 2.16. The average molecular weight is 329 g/mol. The molecule has 6 nitrogen and oxygen atoms in total. The first-order chi connectivity index (χ1) is 12.2. The van der Waals surface area contributed by atoms with Crippen molar-refractivity contribution < 1.29 is 4.79 Å². The molecule has 0 spiro atoms. The van der Waals surface area contributed by atoms with E-state index in [0.717, 1.165) is 11.3 Å². The van der Waals surface area contributed by atoms with E-state index in [1.807, 2.05) is 48.5 Å². The lowest BCUT2D eigenvalue weighted by molar-refractivity contribution is -0.116. The van der Waals surface area contributed by atoms with Gasteiger partial charge in [-0.05, 0) is 30.3 Å². The van der Waals surface area contributed by atoms with Crippen LogP contribution in [0.25, 0.3) is 23.0 Å². The zero-order chi connectivity index (χ0) is 17.6. The summed E-state index contributed by atoms with van der Waals surface area (Å²) >= 11 is 0. The molecule has 0 atom stereocenters. The van der Waals surface area contributed by atoms with E-state index in [1.54, 1.807) is 29.3 Å². The van der Waals surface area contributed by atoms with E-state index in [-0.39, 0.29) is 5.57 Å². The fourth-order valence-corrected chi connectivity index (χ4v) is 2.38.